The van der Waals surface area contributed by atoms with E-state index in [4.69, 9.17) is 5.26 Å². The Bertz CT molecular complexity index is 309. The van der Waals surface area contributed by atoms with Crippen molar-refractivity contribution >= 4 is 0 Å². The molecule has 0 atom stereocenters. The smallest absolute Gasteiger partial charge is 0.0697 e. The molecule has 0 amide bonds. The fraction of sp³-hybridized carbons (Fsp3) is 0.417. The SMILES string of the molecule is CC(C)(C#N)CNCc1ccccc1. The summed E-state index contributed by atoms with van der Waals surface area (Å²) in [6.45, 7) is 5.42. The number of hydrogen-bond acceptors (Lipinski definition) is 2. The summed E-state index contributed by atoms with van der Waals surface area (Å²) in [5, 5.41) is 12.1. The minimum absolute atomic E-state index is 0.283. The number of benzene rings is 1. The Morgan fingerprint density at radius 3 is 2.50 bits per heavy atom. The molecule has 14 heavy (non-hydrogen) atoms. The molecular weight excluding hydrogens is 172 g/mol. The highest BCUT2D eigenvalue weighted by Crippen LogP contribution is 2.10. The zero-order valence-electron chi connectivity index (χ0n) is 8.75. The molecule has 1 N–H and O–H groups in total. The van der Waals surface area contributed by atoms with Crippen molar-refractivity contribution in [1.29, 1.82) is 5.26 Å². The first-order chi connectivity index (χ1) is 6.64. The van der Waals surface area contributed by atoms with Gasteiger partial charge in [-0.25, -0.2) is 0 Å². The molecule has 74 valence electrons. The highest BCUT2D eigenvalue weighted by Gasteiger charge is 2.15. The van der Waals surface area contributed by atoms with Crippen molar-refractivity contribution in [3.05, 3.63) is 35.9 Å². The summed E-state index contributed by atoms with van der Waals surface area (Å²) < 4.78 is 0. The predicted molar refractivity (Wildman–Crippen MR) is 57.5 cm³/mol. The van der Waals surface area contributed by atoms with Gasteiger partial charge in [-0.2, -0.15) is 5.26 Å². The lowest BCUT2D eigenvalue weighted by atomic mass is 9.96. The maximum absolute atomic E-state index is 8.80. The van der Waals surface area contributed by atoms with E-state index in [9.17, 15) is 0 Å². The second kappa shape index (κ2) is 4.78. The van der Waals surface area contributed by atoms with Gasteiger partial charge in [0.1, 0.15) is 0 Å². The summed E-state index contributed by atoms with van der Waals surface area (Å²) >= 11 is 0. The zero-order chi connectivity index (χ0) is 10.4. The Morgan fingerprint density at radius 2 is 1.93 bits per heavy atom. The van der Waals surface area contributed by atoms with Crippen LogP contribution in [0, 0.1) is 16.7 Å². The lowest BCUT2D eigenvalue weighted by molar-refractivity contribution is 0.445. The molecule has 0 heterocycles. The zero-order valence-corrected chi connectivity index (χ0v) is 8.75. The van der Waals surface area contributed by atoms with Crippen LogP contribution in [0.15, 0.2) is 30.3 Å². The van der Waals surface area contributed by atoms with Crippen LogP contribution in [0.5, 0.6) is 0 Å². The monoisotopic (exact) mass is 188 g/mol. The summed E-state index contributed by atoms with van der Waals surface area (Å²) in [7, 11) is 0. The number of nitrogens with zero attached hydrogens (tertiary/aromatic N) is 1. The largest absolute Gasteiger partial charge is 0.311 e. The van der Waals surface area contributed by atoms with Crippen molar-refractivity contribution in [2.24, 2.45) is 5.41 Å². The Balaban J connectivity index is 2.34. The first kappa shape index (κ1) is 10.7. The van der Waals surface area contributed by atoms with Gasteiger partial charge < -0.3 is 5.32 Å². The maximum Gasteiger partial charge on any atom is 0.0697 e. The van der Waals surface area contributed by atoms with Gasteiger partial charge in [0, 0.05) is 13.1 Å². The average Bonchev–Trinajstić information content (AvgIpc) is 2.19. The van der Waals surface area contributed by atoms with Crippen molar-refractivity contribution in [3.63, 3.8) is 0 Å². The third-order valence-electron chi connectivity index (χ3n) is 2.04. The van der Waals surface area contributed by atoms with Crippen molar-refractivity contribution in [1.82, 2.24) is 5.32 Å². The molecule has 1 aromatic carbocycles. The van der Waals surface area contributed by atoms with Crippen LogP contribution in [0.1, 0.15) is 19.4 Å². The summed E-state index contributed by atoms with van der Waals surface area (Å²) in [5.74, 6) is 0. The number of nitrogens with one attached hydrogen (secondary N) is 1. The third kappa shape index (κ3) is 3.59. The first-order valence-corrected chi connectivity index (χ1v) is 4.80. The summed E-state index contributed by atoms with van der Waals surface area (Å²) in [5.41, 5.74) is 0.968. The van der Waals surface area contributed by atoms with Gasteiger partial charge in [0.25, 0.3) is 0 Å². The number of nitriles is 1. The number of hydrogen-bond donors (Lipinski definition) is 1. The van der Waals surface area contributed by atoms with Crippen LogP contribution in [0.2, 0.25) is 0 Å². The van der Waals surface area contributed by atoms with Gasteiger partial charge in [-0.15, -0.1) is 0 Å². The summed E-state index contributed by atoms with van der Waals surface area (Å²) in [6.07, 6.45) is 0. The van der Waals surface area contributed by atoms with E-state index in [2.05, 4.69) is 23.5 Å². The Kier molecular flexibility index (Phi) is 3.67. The van der Waals surface area contributed by atoms with E-state index in [1.807, 2.05) is 32.0 Å². The molecule has 2 nitrogen and oxygen atoms in total. The molecule has 0 aliphatic heterocycles. The van der Waals surface area contributed by atoms with E-state index >= 15 is 0 Å². The quantitative estimate of drug-likeness (QED) is 0.787. The van der Waals surface area contributed by atoms with E-state index in [1.54, 1.807) is 0 Å². The van der Waals surface area contributed by atoms with E-state index in [0.29, 0.717) is 0 Å². The molecule has 0 saturated heterocycles. The van der Waals surface area contributed by atoms with Crippen LogP contribution in [0.4, 0.5) is 0 Å². The molecule has 0 bridgehead atoms. The molecule has 2 heteroatoms. The normalized spacial score (nSPS) is 10.9. The Hall–Kier alpha value is -1.33. The highest BCUT2D eigenvalue weighted by molar-refractivity contribution is 5.14. The molecule has 0 unspecified atom stereocenters. The molecule has 0 aliphatic rings. The van der Waals surface area contributed by atoms with Crippen molar-refractivity contribution in [2.75, 3.05) is 6.54 Å². The highest BCUT2D eigenvalue weighted by atomic mass is 14.9. The van der Waals surface area contributed by atoms with Crippen LogP contribution in [0.25, 0.3) is 0 Å². The molecule has 1 rings (SSSR count). The van der Waals surface area contributed by atoms with E-state index in [-0.39, 0.29) is 5.41 Å². The van der Waals surface area contributed by atoms with Crippen LogP contribution in [-0.4, -0.2) is 6.54 Å². The van der Waals surface area contributed by atoms with Crippen LogP contribution < -0.4 is 5.32 Å². The van der Waals surface area contributed by atoms with Crippen LogP contribution in [0.3, 0.4) is 0 Å². The van der Waals surface area contributed by atoms with Crippen LogP contribution >= 0.6 is 0 Å². The summed E-state index contributed by atoms with van der Waals surface area (Å²) in [4.78, 5) is 0. The Morgan fingerprint density at radius 1 is 1.29 bits per heavy atom. The van der Waals surface area contributed by atoms with Gasteiger partial charge in [-0.05, 0) is 19.4 Å². The van der Waals surface area contributed by atoms with E-state index < -0.39 is 0 Å². The van der Waals surface area contributed by atoms with Gasteiger partial charge in [0.05, 0.1) is 11.5 Å². The number of rotatable bonds is 4. The van der Waals surface area contributed by atoms with Crippen molar-refractivity contribution in [2.45, 2.75) is 20.4 Å². The molecule has 0 saturated carbocycles. The minimum Gasteiger partial charge on any atom is -0.311 e. The van der Waals surface area contributed by atoms with Gasteiger partial charge in [0.15, 0.2) is 0 Å². The third-order valence-corrected chi connectivity index (χ3v) is 2.04. The first-order valence-electron chi connectivity index (χ1n) is 4.80. The minimum atomic E-state index is -0.283. The topological polar surface area (TPSA) is 35.8 Å². The maximum atomic E-state index is 8.80. The molecule has 0 aliphatic carbocycles. The molecule has 0 fully saturated rings. The molecule has 1 aromatic rings. The lowest BCUT2D eigenvalue weighted by Crippen LogP contribution is -2.27. The molecule has 0 aromatic heterocycles. The second-order valence-electron chi connectivity index (χ2n) is 4.08. The van der Waals surface area contributed by atoms with E-state index in [0.717, 1.165) is 13.1 Å². The van der Waals surface area contributed by atoms with Gasteiger partial charge in [-0.3, -0.25) is 0 Å². The Labute approximate surface area is 85.6 Å². The van der Waals surface area contributed by atoms with Crippen molar-refractivity contribution in [3.8, 4) is 6.07 Å². The van der Waals surface area contributed by atoms with Gasteiger partial charge in [-0.1, -0.05) is 30.3 Å². The van der Waals surface area contributed by atoms with Gasteiger partial charge in [0.2, 0.25) is 0 Å². The second-order valence-corrected chi connectivity index (χ2v) is 4.08. The fourth-order valence-corrected chi connectivity index (χ4v) is 1.15. The van der Waals surface area contributed by atoms with Crippen molar-refractivity contribution < 1.29 is 0 Å². The molecule has 0 radical (unpaired) electrons. The standard InChI is InChI=1S/C12H16N2/c1-12(2,9-13)10-14-8-11-6-4-3-5-7-11/h3-7,14H,8,10H2,1-2H3. The van der Waals surface area contributed by atoms with E-state index in [1.165, 1.54) is 5.56 Å². The lowest BCUT2D eigenvalue weighted by Gasteiger charge is -2.15. The molecular formula is C12H16N2. The predicted octanol–water partition coefficient (Wildman–Crippen LogP) is 2.33. The van der Waals surface area contributed by atoms with Crippen LogP contribution in [-0.2, 0) is 6.54 Å². The van der Waals surface area contributed by atoms with Gasteiger partial charge >= 0.3 is 0 Å². The average molecular weight is 188 g/mol. The molecule has 0 spiro atoms. The fourth-order valence-electron chi connectivity index (χ4n) is 1.15. The summed E-state index contributed by atoms with van der Waals surface area (Å²) in [6, 6.07) is 12.5.